The van der Waals surface area contributed by atoms with Crippen LogP contribution in [0.2, 0.25) is 0 Å². The van der Waals surface area contributed by atoms with Crippen molar-refractivity contribution in [1.82, 2.24) is 28.1 Å². The molecule has 0 saturated heterocycles. The largest absolute Gasteiger partial charge is 0.308 e. The van der Waals surface area contributed by atoms with Crippen LogP contribution >= 0.6 is 0 Å². The summed E-state index contributed by atoms with van der Waals surface area (Å²) in [5.41, 5.74) is 17.9. The van der Waals surface area contributed by atoms with Crippen molar-refractivity contribution >= 4 is 111 Å². The Morgan fingerprint density at radius 1 is 0.231 bits per heavy atom. The van der Waals surface area contributed by atoms with Crippen molar-refractivity contribution in [2.24, 2.45) is 0 Å². The molecule has 548 valence electrons. The number of amides is 4. The molecule has 4 amide bonds. The molecule has 1 aliphatic carbocycles. The van der Waals surface area contributed by atoms with Crippen LogP contribution in [-0.4, -0.2) is 63.8 Å². The predicted octanol–water partition coefficient (Wildman–Crippen LogP) is 24.4. The van der Waals surface area contributed by atoms with Crippen LogP contribution in [0.1, 0.15) is 251 Å². The molecule has 3 aliphatic rings. The highest BCUT2D eigenvalue weighted by Gasteiger charge is 2.53. The molecule has 0 N–H and O–H groups in total. The van der Waals surface area contributed by atoms with Gasteiger partial charge in [-0.2, -0.15) is 0 Å². The van der Waals surface area contributed by atoms with Crippen molar-refractivity contribution in [2.75, 3.05) is 0 Å². The maximum absolute atomic E-state index is 17.2. The molecule has 10 aromatic carbocycles. The van der Waals surface area contributed by atoms with Crippen molar-refractivity contribution in [3.05, 3.63) is 237 Å². The van der Waals surface area contributed by atoms with Gasteiger partial charge in [-0.25, -0.2) is 0 Å². The van der Waals surface area contributed by atoms with E-state index in [1.165, 1.54) is 48.7 Å². The third-order valence-corrected chi connectivity index (χ3v) is 24.4. The summed E-state index contributed by atoms with van der Waals surface area (Å²) in [6, 6.07) is 61.6. The van der Waals surface area contributed by atoms with E-state index in [-0.39, 0.29) is 60.2 Å². The molecule has 2 atom stereocenters. The summed E-state index contributed by atoms with van der Waals surface area (Å²) in [5, 5.41) is 8.40. The van der Waals surface area contributed by atoms with Gasteiger partial charge in [-0.3, -0.25) is 29.0 Å². The quantitative estimate of drug-likeness (QED) is 0.155. The summed E-state index contributed by atoms with van der Waals surface area (Å²) in [7, 11) is 0. The number of hydrogen-bond acceptors (Lipinski definition) is 4. The molecule has 1 saturated carbocycles. The van der Waals surface area contributed by atoms with E-state index in [0.717, 1.165) is 87.2 Å². The van der Waals surface area contributed by atoms with E-state index < -0.39 is 35.7 Å². The van der Waals surface area contributed by atoms with E-state index in [2.05, 4.69) is 327 Å². The minimum Gasteiger partial charge on any atom is -0.308 e. The standard InChI is InChI=1S/C98H102N6O4/c1-92(2,3)55-30-37-71-63(48-55)62-26-22-23-27-70(62)99(71)80-44-45-81(100-72-38-31-56(93(4,5)6)49-64(72)65-50-57(94(7,8)9)32-39-73(65)100)85-84(80)88(105)103(89(85)106)78-28-24-25-29-79(78)104-90(107)86-82(101-74-40-33-58(95(10,11)12)51-66(74)67-52-59(96(13,14)15)34-41-75(67)101)46-47-83(87(86)91(104)108)102-76-42-35-60(97(16,17)18)53-68(76)69-54-61(98(19,20)21)36-43-77(69)102/h22-23,26-27,30-54,78-79H,24-25,28-29H2,1-21H3. The lowest BCUT2D eigenvalue weighted by molar-refractivity contribution is 0.0291. The lowest BCUT2D eigenvalue weighted by Crippen LogP contribution is -2.56. The minimum absolute atomic E-state index is 0.151. The molecule has 14 aromatic rings. The number of aromatic nitrogens is 4. The predicted molar refractivity (Wildman–Crippen MR) is 448 cm³/mol. The molecular formula is C98H102N6O4. The molecule has 1 fully saturated rings. The Hall–Kier alpha value is -10.3. The van der Waals surface area contributed by atoms with Gasteiger partial charge in [0.1, 0.15) is 0 Å². The molecule has 6 heterocycles. The third-order valence-electron chi connectivity index (χ3n) is 24.4. The number of hydrogen-bond donors (Lipinski definition) is 0. The minimum atomic E-state index is -0.909. The van der Waals surface area contributed by atoms with Gasteiger partial charge in [0, 0.05) is 43.1 Å². The van der Waals surface area contributed by atoms with E-state index in [9.17, 15) is 0 Å². The van der Waals surface area contributed by atoms with Crippen molar-refractivity contribution in [3.8, 4) is 22.7 Å². The van der Waals surface area contributed by atoms with Crippen molar-refractivity contribution in [1.29, 1.82) is 0 Å². The highest BCUT2D eigenvalue weighted by Crippen LogP contribution is 2.50. The smallest absolute Gasteiger partial charge is 0.264 e. The van der Waals surface area contributed by atoms with Crippen LogP contribution in [0.3, 0.4) is 0 Å². The van der Waals surface area contributed by atoms with Crippen LogP contribution in [0.25, 0.3) is 110 Å². The average Bonchev–Trinajstić information content (AvgIpc) is 1.54. The molecule has 2 unspecified atom stereocenters. The van der Waals surface area contributed by atoms with Gasteiger partial charge in [-0.1, -0.05) is 219 Å². The molecule has 0 radical (unpaired) electrons. The van der Waals surface area contributed by atoms with E-state index in [1.807, 2.05) is 12.1 Å². The third kappa shape index (κ3) is 10.7. The number of fused-ring (bicyclic) bond motifs is 14. The van der Waals surface area contributed by atoms with Gasteiger partial charge in [-0.15, -0.1) is 0 Å². The van der Waals surface area contributed by atoms with Crippen molar-refractivity contribution in [3.63, 3.8) is 0 Å². The van der Waals surface area contributed by atoms with E-state index in [0.29, 0.717) is 48.4 Å². The second-order valence-corrected chi connectivity index (χ2v) is 38.8. The Kier molecular flexibility index (Phi) is 15.4. The van der Waals surface area contributed by atoms with Gasteiger partial charge < -0.3 is 18.3 Å². The number of nitrogens with zero attached hydrogens (tertiary/aromatic N) is 6. The molecule has 108 heavy (non-hydrogen) atoms. The SMILES string of the molecule is CC(C)(C)c1ccc2c(c1)c1ccccc1n2-c1ccc(-n2c3ccc(C(C)(C)C)cc3c3cc(C(C)(C)C)ccc32)c2c1C(=O)N(C1CCCCC1N1C(=O)c3c(-n4c5ccc(C(C)(C)C)cc5c5cc(C(C)(C)C)ccc54)ccc(-n4c5ccc(C(C)(C)C)cc5c5cc(C(C)(C)C)ccc54)c3C1=O)C2=O. The summed E-state index contributed by atoms with van der Waals surface area (Å²) in [5.74, 6) is -1.80. The van der Waals surface area contributed by atoms with Gasteiger partial charge in [0.2, 0.25) is 0 Å². The van der Waals surface area contributed by atoms with Gasteiger partial charge in [0.05, 0.1) is 101 Å². The average molecular weight is 1430 g/mol. The summed E-state index contributed by atoms with van der Waals surface area (Å²) >= 11 is 0. The molecule has 4 aromatic heterocycles. The Morgan fingerprint density at radius 2 is 0.417 bits per heavy atom. The molecule has 0 spiro atoms. The summed E-state index contributed by atoms with van der Waals surface area (Å²) in [6.07, 6.45) is 2.08. The van der Waals surface area contributed by atoms with Crippen LogP contribution in [-0.2, 0) is 37.9 Å². The van der Waals surface area contributed by atoms with Gasteiger partial charge in [0.15, 0.2) is 0 Å². The number of imide groups is 2. The van der Waals surface area contributed by atoms with Crippen LogP contribution in [0, 0.1) is 0 Å². The fourth-order valence-electron chi connectivity index (χ4n) is 18.1. The number of rotatable bonds is 6. The molecule has 10 heteroatoms. The van der Waals surface area contributed by atoms with Crippen LogP contribution < -0.4 is 0 Å². The monoisotopic (exact) mass is 1430 g/mol. The second kappa shape index (κ2) is 23.6. The Bertz CT molecular complexity index is 5880. The number of carbonyl (C=O) groups excluding carboxylic acids is 4. The topological polar surface area (TPSA) is 94.5 Å². The summed E-state index contributed by atoms with van der Waals surface area (Å²) in [6.45, 7) is 47.0. The highest BCUT2D eigenvalue weighted by atomic mass is 16.2. The van der Waals surface area contributed by atoms with Gasteiger partial charge >= 0.3 is 0 Å². The van der Waals surface area contributed by atoms with Crippen molar-refractivity contribution in [2.45, 2.75) is 221 Å². The Morgan fingerprint density at radius 3 is 0.620 bits per heavy atom. The zero-order chi connectivity index (χ0) is 76.7. The zero-order valence-electron chi connectivity index (χ0n) is 67.0. The number of benzene rings is 10. The number of para-hydroxylation sites is 1. The van der Waals surface area contributed by atoms with Gasteiger partial charge in [-0.05, 0) is 205 Å². The summed E-state index contributed by atoms with van der Waals surface area (Å²) in [4.78, 5) is 71.7. The molecular weight excluding hydrogens is 1330 g/mol. The maximum atomic E-state index is 17.2. The first-order chi connectivity index (χ1) is 50.7. The van der Waals surface area contributed by atoms with Crippen LogP contribution in [0.5, 0.6) is 0 Å². The Labute approximate surface area is 635 Å². The molecule has 10 nitrogen and oxygen atoms in total. The maximum Gasteiger partial charge on any atom is 0.264 e. The fourth-order valence-corrected chi connectivity index (χ4v) is 18.1. The first kappa shape index (κ1) is 70.6. The van der Waals surface area contributed by atoms with Gasteiger partial charge in [0.25, 0.3) is 23.6 Å². The normalized spacial score (nSPS) is 16.6. The van der Waals surface area contributed by atoms with E-state index in [4.69, 9.17) is 0 Å². The van der Waals surface area contributed by atoms with Crippen LogP contribution in [0.4, 0.5) is 0 Å². The lowest BCUT2D eigenvalue weighted by atomic mass is 9.85. The first-order valence-electron chi connectivity index (χ1n) is 39.1. The lowest BCUT2D eigenvalue weighted by Gasteiger charge is -2.40. The number of carbonyl (C=O) groups is 4. The molecule has 17 rings (SSSR count). The molecule has 2 aliphatic heterocycles. The van der Waals surface area contributed by atoms with E-state index >= 15 is 19.2 Å². The first-order valence-corrected chi connectivity index (χ1v) is 39.1. The summed E-state index contributed by atoms with van der Waals surface area (Å²) < 4.78 is 8.82. The highest BCUT2D eigenvalue weighted by molar-refractivity contribution is 6.28. The second-order valence-electron chi connectivity index (χ2n) is 38.8. The molecule has 0 bridgehead atoms. The fraction of sp³-hybridized carbons (Fsp3) is 0.347. The van der Waals surface area contributed by atoms with Crippen LogP contribution in [0.15, 0.2) is 176 Å². The Balaban J connectivity index is 0.903. The zero-order valence-corrected chi connectivity index (χ0v) is 67.0. The van der Waals surface area contributed by atoms with Crippen molar-refractivity contribution < 1.29 is 19.2 Å². The van der Waals surface area contributed by atoms with E-state index in [1.54, 1.807) is 0 Å².